The maximum Gasteiger partial charge on any atom is 0.343 e. The summed E-state index contributed by atoms with van der Waals surface area (Å²) >= 11 is 5.41. The van der Waals surface area contributed by atoms with Crippen LogP contribution in [-0.2, 0) is 9.53 Å². The zero-order chi connectivity index (χ0) is 18.0. The smallest absolute Gasteiger partial charge is 0.343 e. The number of hydrogen-bond acceptors (Lipinski definition) is 4. The van der Waals surface area contributed by atoms with E-state index in [-0.39, 0.29) is 12.6 Å². The normalized spacial score (nSPS) is 15.6. The van der Waals surface area contributed by atoms with Gasteiger partial charge in [0.05, 0.1) is 18.2 Å². The molecule has 0 bridgehead atoms. The van der Waals surface area contributed by atoms with Gasteiger partial charge in [-0.15, -0.1) is 0 Å². The van der Waals surface area contributed by atoms with Gasteiger partial charge in [0.1, 0.15) is 16.4 Å². The Morgan fingerprint density at radius 3 is 2.50 bits per heavy atom. The monoisotopic (exact) mass is 361 g/mol. The van der Waals surface area contributed by atoms with Crippen molar-refractivity contribution < 1.29 is 27.8 Å². The summed E-state index contributed by atoms with van der Waals surface area (Å²) in [6.45, 7) is 2.61. The van der Waals surface area contributed by atoms with Gasteiger partial charge in [-0.3, -0.25) is 4.99 Å². The number of aliphatic imine (C=N–C) groups is 1. The molecule has 0 saturated heterocycles. The second kappa shape index (κ2) is 7.25. The van der Waals surface area contributed by atoms with Crippen molar-refractivity contribution in [1.29, 1.82) is 0 Å². The number of aliphatic hydroxyl groups excluding tert-OH is 1. The number of aliphatic hydroxyl groups is 1. The van der Waals surface area contributed by atoms with Crippen LogP contribution >= 0.6 is 11.6 Å². The number of halogens is 4. The molecule has 0 amide bonds. The molecule has 1 aliphatic rings. The van der Waals surface area contributed by atoms with Crippen LogP contribution in [0.15, 0.2) is 10.6 Å². The molecule has 130 valence electrons. The first-order valence-corrected chi connectivity index (χ1v) is 7.63. The molecule has 4 nitrogen and oxygen atoms in total. The lowest BCUT2D eigenvalue weighted by atomic mass is 10.0. The third kappa shape index (κ3) is 3.56. The van der Waals surface area contributed by atoms with Crippen LogP contribution in [0.3, 0.4) is 0 Å². The summed E-state index contributed by atoms with van der Waals surface area (Å²) in [7, 11) is 0. The lowest BCUT2D eigenvalue weighted by Gasteiger charge is -2.13. The minimum Gasteiger partial charge on any atom is -0.506 e. The van der Waals surface area contributed by atoms with E-state index in [0.717, 1.165) is 26.0 Å². The second-order valence-electron chi connectivity index (χ2n) is 5.25. The summed E-state index contributed by atoms with van der Waals surface area (Å²) in [6.07, 6.45) is 2.72. The predicted octanol–water partition coefficient (Wildman–Crippen LogP) is 4.13. The molecule has 1 saturated carbocycles. The number of esters is 1. The van der Waals surface area contributed by atoms with Crippen molar-refractivity contribution >= 4 is 29.5 Å². The number of carbonyl (C=O) groups is 1. The van der Waals surface area contributed by atoms with E-state index in [1.165, 1.54) is 0 Å². The Labute approximate surface area is 141 Å². The van der Waals surface area contributed by atoms with E-state index in [9.17, 15) is 23.1 Å². The minimum absolute atomic E-state index is 0.00683. The Kier molecular flexibility index (Phi) is 5.54. The first kappa shape index (κ1) is 18.3. The van der Waals surface area contributed by atoms with E-state index in [0.29, 0.717) is 0 Å². The molecule has 1 aromatic carbocycles. The Balaban J connectivity index is 2.64. The van der Waals surface area contributed by atoms with Crippen molar-refractivity contribution in [3.8, 4) is 0 Å². The molecule has 1 aromatic rings. The fraction of sp³-hybridized carbons (Fsp3) is 0.375. The molecule has 0 unspecified atom stereocenters. The standard InChI is InChI=1S/C16H15ClF3NO3/c1-3-24-16(23)9(6-21-8-4-5-8)15(22)10-7(2)12(18)14(20)11(17)13(10)19/h6,8,22H,3-5H2,1-2H3/b15-9-,21-6?. The summed E-state index contributed by atoms with van der Waals surface area (Å²) in [5, 5.41) is 9.20. The average Bonchev–Trinajstić information content (AvgIpc) is 3.36. The van der Waals surface area contributed by atoms with Gasteiger partial charge in [-0.05, 0) is 26.7 Å². The number of ether oxygens (including phenoxy) is 1. The Hall–Kier alpha value is -2.02. The lowest BCUT2D eigenvalue weighted by molar-refractivity contribution is -0.137. The van der Waals surface area contributed by atoms with Crippen LogP contribution in [0.4, 0.5) is 13.2 Å². The fourth-order valence-electron chi connectivity index (χ4n) is 1.98. The van der Waals surface area contributed by atoms with Gasteiger partial charge in [0.2, 0.25) is 0 Å². The predicted molar refractivity (Wildman–Crippen MR) is 83.8 cm³/mol. The number of benzene rings is 1. The van der Waals surface area contributed by atoms with Gasteiger partial charge < -0.3 is 9.84 Å². The van der Waals surface area contributed by atoms with Gasteiger partial charge in [-0.1, -0.05) is 11.6 Å². The molecule has 0 radical (unpaired) electrons. The molecule has 1 N–H and O–H groups in total. The Morgan fingerprint density at radius 2 is 1.96 bits per heavy atom. The molecule has 2 rings (SSSR count). The first-order chi connectivity index (χ1) is 11.3. The van der Waals surface area contributed by atoms with E-state index < -0.39 is 50.9 Å². The maximum absolute atomic E-state index is 14.2. The molecule has 1 fully saturated rings. The highest BCUT2D eigenvalue weighted by atomic mass is 35.5. The summed E-state index contributed by atoms with van der Waals surface area (Å²) in [4.78, 5) is 16.0. The molecule has 24 heavy (non-hydrogen) atoms. The zero-order valence-corrected chi connectivity index (χ0v) is 13.8. The molecular weight excluding hydrogens is 347 g/mol. The van der Waals surface area contributed by atoms with Gasteiger partial charge in [-0.2, -0.15) is 0 Å². The molecule has 0 spiro atoms. The minimum atomic E-state index is -1.56. The molecule has 0 aliphatic heterocycles. The summed E-state index contributed by atoms with van der Waals surface area (Å²) < 4.78 is 46.3. The van der Waals surface area contributed by atoms with Crippen molar-refractivity contribution in [3.05, 3.63) is 39.2 Å². The van der Waals surface area contributed by atoms with Crippen molar-refractivity contribution in [2.75, 3.05) is 6.61 Å². The molecule has 1 aliphatic carbocycles. The average molecular weight is 362 g/mol. The van der Waals surface area contributed by atoms with Crippen LogP contribution in [0, 0.1) is 24.4 Å². The number of nitrogens with zero attached hydrogens (tertiary/aromatic N) is 1. The maximum atomic E-state index is 14.2. The van der Waals surface area contributed by atoms with Crippen LogP contribution < -0.4 is 0 Å². The fourth-order valence-corrected chi connectivity index (χ4v) is 2.16. The summed E-state index contributed by atoms with van der Waals surface area (Å²) in [6, 6.07) is 0.0155. The van der Waals surface area contributed by atoms with E-state index >= 15 is 0 Å². The van der Waals surface area contributed by atoms with E-state index in [1.54, 1.807) is 6.92 Å². The van der Waals surface area contributed by atoms with Gasteiger partial charge >= 0.3 is 5.97 Å². The third-order valence-corrected chi connectivity index (χ3v) is 3.78. The van der Waals surface area contributed by atoms with Crippen LogP contribution in [0.1, 0.15) is 30.9 Å². The summed E-state index contributed by atoms with van der Waals surface area (Å²) in [5.41, 5.74) is -1.68. The van der Waals surface area contributed by atoms with E-state index in [1.807, 2.05) is 0 Å². The number of hydrogen-bond donors (Lipinski definition) is 1. The first-order valence-electron chi connectivity index (χ1n) is 7.26. The quantitative estimate of drug-likeness (QED) is 0.214. The van der Waals surface area contributed by atoms with Crippen LogP contribution in [0.5, 0.6) is 0 Å². The SMILES string of the molecule is CCOC(=O)/C(C=NC1CC1)=C(\O)c1c(C)c(F)c(F)c(Cl)c1F. The topological polar surface area (TPSA) is 58.9 Å². The zero-order valence-electron chi connectivity index (χ0n) is 13.0. The molecule has 0 heterocycles. The highest BCUT2D eigenvalue weighted by Gasteiger charge is 2.28. The molecule has 8 heteroatoms. The van der Waals surface area contributed by atoms with Gasteiger partial charge in [-0.25, -0.2) is 18.0 Å². The molecule has 0 atom stereocenters. The summed E-state index contributed by atoms with van der Waals surface area (Å²) in [5.74, 6) is -6.21. The van der Waals surface area contributed by atoms with Crippen molar-refractivity contribution in [2.24, 2.45) is 4.99 Å². The van der Waals surface area contributed by atoms with Crippen LogP contribution in [-0.4, -0.2) is 29.9 Å². The highest BCUT2D eigenvalue weighted by molar-refractivity contribution is 6.31. The van der Waals surface area contributed by atoms with Crippen molar-refractivity contribution in [2.45, 2.75) is 32.7 Å². The number of carbonyl (C=O) groups excluding carboxylic acids is 1. The van der Waals surface area contributed by atoms with Crippen LogP contribution in [0.2, 0.25) is 5.02 Å². The lowest BCUT2D eigenvalue weighted by Crippen LogP contribution is -2.13. The highest BCUT2D eigenvalue weighted by Crippen LogP contribution is 2.33. The van der Waals surface area contributed by atoms with E-state index in [2.05, 4.69) is 4.99 Å². The van der Waals surface area contributed by atoms with Crippen LogP contribution in [0.25, 0.3) is 5.76 Å². The van der Waals surface area contributed by atoms with Gasteiger partial charge in [0, 0.05) is 11.8 Å². The Bertz CT molecular complexity index is 714. The third-order valence-electron chi connectivity index (χ3n) is 3.45. The van der Waals surface area contributed by atoms with Crippen molar-refractivity contribution in [1.82, 2.24) is 0 Å². The van der Waals surface area contributed by atoms with E-state index in [4.69, 9.17) is 16.3 Å². The van der Waals surface area contributed by atoms with Crippen molar-refractivity contribution in [3.63, 3.8) is 0 Å². The number of rotatable bonds is 5. The molecule has 0 aromatic heterocycles. The van der Waals surface area contributed by atoms with Gasteiger partial charge in [0.15, 0.2) is 17.5 Å². The Morgan fingerprint density at radius 1 is 1.33 bits per heavy atom. The largest absolute Gasteiger partial charge is 0.506 e. The van der Waals surface area contributed by atoms with Gasteiger partial charge in [0.25, 0.3) is 0 Å². The molecular formula is C16H15ClF3NO3. The second-order valence-corrected chi connectivity index (χ2v) is 5.63.